The van der Waals surface area contributed by atoms with E-state index in [0.717, 1.165) is 12.0 Å². The Bertz CT molecular complexity index is 277. The Hall–Kier alpha value is -1.37. The van der Waals surface area contributed by atoms with Crippen molar-refractivity contribution in [3.05, 3.63) is 48.1 Å². The maximum Gasteiger partial charge on any atom is 0.159 e. The maximum atomic E-state index is 11.0. The van der Waals surface area contributed by atoms with E-state index < -0.39 is 0 Å². The van der Waals surface area contributed by atoms with Crippen molar-refractivity contribution < 1.29 is 4.79 Å². The minimum atomic E-state index is 0.120. The second-order valence-corrected chi connectivity index (χ2v) is 2.62. The van der Waals surface area contributed by atoms with E-state index in [9.17, 15) is 4.79 Å². The summed E-state index contributed by atoms with van der Waals surface area (Å²) in [5.74, 6) is 0.120. The van der Waals surface area contributed by atoms with Gasteiger partial charge in [-0.05, 0) is 13.3 Å². The van der Waals surface area contributed by atoms with Gasteiger partial charge in [-0.25, -0.2) is 0 Å². The zero-order valence-electron chi connectivity index (χ0n) is 7.16. The molecule has 0 aromatic carbocycles. The van der Waals surface area contributed by atoms with Crippen molar-refractivity contribution in [2.24, 2.45) is 0 Å². The molecule has 0 heterocycles. The Morgan fingerprint density at radius 3 is 2.75 bits per heavy atom. The molecule has 12 heavy (non-hydrogen) atoms. The van der Waals surface area contributed by atoms with Crippen LogP contribution in [0.2, 0.25) is 0 Å². The number of rotatable bonds is 1. The van der Waals surface area contributed by atoms with Gasteiger partial charge in [0, 0.05) is 5.57 Å². The molecule has 62 valence electrons. The molecule has 0 amide bonds. The molecule has 0 bridgehead atoms. The minimum Gasteiger partial charge on any atom is -0.295 e. The number of Topliss-reactive ketones (excluding diaryl/α,β-unsaturated/α-hetero) is 1. The van der Waals surface area contributed by atoms with Gasteiger partial charge in [0.15, 0.2) is 5.78 Å². The van der Waals surface area contributed by atoms with Gasteiger partial charge in [0.05, 0.1) is 0 Å². The largest absolute Gasteiger partial charge is 0.295 e. The van der Waals surface area contributed by atoms with Crippen LogP contribution in [0.1, 0.15) is 13.3 Å². The molecule has 0 unspecified atom stereocenters. The van der Waals surface area contributed by atoms with Crippen molar-refractivity contribution in [1.82, 2.24) is 0 Å². The van der Waals surface area contributed by atoms with Crippen LogP contribution in [0, 0.1) is 0 Å². The van der Waals surface area contributed by atoms with Crippen molar-refractivity contribution in [1.29, 1.82) is 0 Å². The van der Waals surface area contributed by atoms with Crippen molar-refractivity contribution in [2.75, 3.05) is 0 Å². The van der Waals surface area contributed by atoms with E-state index in [4.69, 9.17) is 0 Å². The van der Waals surface area contributed by atoms with Gasteiger partial charge in [-0.2, -0.15) is 0 Å². The average Bonchev–Trinajstić information content (AvgIpc) is 2.15. The van der Waals surface area contributed by atoms with E-state index in [-0.39, 0.29) is 5.78 Å². The summed E-state index contributed by atoms with van der Waals surface area (Å²) >= 11 is 0. The molecule has 0 fully saturated rings. The molecule has 0 aromatic rings. The fourth-order valence-corrected chi connectivity index (χ4v) is 0.969. The third-order valence-electron chi connectivity index (χ3n) is 1.63. The number of hydrogen-bond donors (Lipinski definition) is 0. The van der Waals surface area contributed by atoms with E-state index >= 15 is 0 Å². The normalized spacial score (nSPS) is 28.6. The molecule has 0 aromatic heterocycles. The zero-order chi connectivity index (χ0) is 8.81. The van der Waals surface area contributed by atoms with E-state index in [2.05, 4.69) is 0 Å². The van der Waals surface area contributed by atoms with Gasteiger partial charge in [-0.15, -0.1) is 0 Å². The molecule has 1 aliphatic carbocycles. The molecular weight excluding hydrogens is 148 g/mol. The molecule has 0 N–H and O–H groups in total. The monoisotopic (exact) mass is 160 g/mol. The molecule has 0 saturated carbocycles. The van der Waals surface area contributed by atoms with Gasteiger partial charge in [0.2, 0.25) is 0 Å². The van der Waals surface area contributed by atoms with Crippen LogP contribution >= 0.6 is 0 Å². The van der Waals surface area contributed by atoms with Crippen LogP contribution in [-0.4, -0.2) is 5.78 Å². The molecule has 0 aliphatic heterocycles. The second-order valence-electron chi connectivity index (χ2n) is 2.62. The zero-order valence-corrected chi connectivity index (χ0v) is 7.16. The number of hydrogen-bond acceptors (Lipinski definition) is 1. The van der Waals surface area contributed by atoms with Gasteiger partial charge in [0.25, 0.3) is 0 Å². The molecule has 1 heteroatoms. The summed E-state index contributed by atoms with van der Waals surface area (Å²) in [5, 5.41) is 0. The highest BCUT2D eigenvalue weighted by atomic mass is 16.1. The van der Waals surface area contributed by atoms with Crippen LogP contribution in [0.25, 0.3) is 0 Å². The Balaban J connectivity index is 2.84. The first-order valence-electron chi connectivity index (χ1n) is 4.01. The van der Waals surface area contributed by atoms with E-state index in [1.165, 1.54) is 0 Å². The Morgan fingerprint density at radius 1 is 1.25 bits per heavy atom. The fraction of sp³-hybridized carbons (Fsp3) is 0.182. The molecule has 0 spiro atoms. The van der Waals surface area contributed by atoms with E-state index in [0.29, 0.717) is 0 Å². The van der Waals surface area contributed by atoms with Crippen LogP contribution in [0.3, 0.4) is 0 Å². The van der Waals surface area contributed by atoms with Crippen LogP contribution < -0.4 is 0 Å². The summed E-state index contributed by atoms with van der Waals surface area (Å²) in [6, 6.07) is 0. The van der Waals surface area contributed by atoms with Gasteiger partial charge >= 0.3 is 0 Å². The predicted molar refractivity (Wildman–Crippen MR) is 50.8 cm³/mol. The Labute approximate surface area is 72.8 Å². The lowest BCUT2D eigenvalue weighted by atomic mass is 10.1. The third kappa shape index (κ3) is 2.70. The SMILES string of the molecule is CC(=O)C1=C/C/C=C/C=C\C=C\1. The van der Waals surface area contributed by atoms with E-state index in [1.54, 1.807) is 6.92 Å². The Kier molecular flexibility index (Phi) is 3.27. The minimum absolute atomic E-state index is 0.120. The predicted octanol–water partition coefficient (Wildman–Crippen LogP) is 2.57. The van der Waals surface area contributed by atoms with Crippen LogP contribution in [-0.2, 0) is 4.79 Å². The molecule has 0 saturated heterocycles. The van der Waals surface area contributed by atoms with Gasteiger partial charge in [-0.1, -0.05) is 42.5 Å². The van der Waals surface area contributed by atoms with Crippen molar-refractivity contribution >= 4 is 5.78 Å². The molecule has 1 rings (SSSR count). The summed E-state index contributed by atoms with van der Waals surface area (Å²) in [6.07, 6.45) is 14.3. The molecule has 0 atom stereocenters. The number of carbonyl (C=O) groups excluding carboxylic acids is 1. The molecule has 1 nitrogen and oxygen atoms in total. The van der Waals surface area contributed by atoms with Crippen molar-refractivity contribution in [3.63, 3.8) is 0 Å². The standard InChI is InChI=1S/C11H12O/c1-10(12)11-8-6-4-2-3-5-7-9-11/h2-6,8-9H,7H2,1H3/b4-2-,5-3+,8-6+,11-9+. The lowest BCUT2D eigenvalue weighted by molar-refractivity contribution is -0.113. The smallest absolute Gasteiger partial charge is 0.159 e. The summed E-state index contributed by atoms with van der Waals surface area (Å²) < 4.78 is 0. The van der Waals surface area contributed by atoms with Crippen molar-refractivity contribution in [2.45, 2.75) is 13.3 Å². The fourth-order valence-electron chi connectivity index (χ4n) is 0.969. The summed E-state index contributed by atoms with van der Waals surface area (Å²) in [5.41, 5.74) is 0.784. The highest BCUT2D eigenvalue weighted by Crippen LogP contribution is 2.03. The first-order chi connectivity index (χ1) is 5.80. The van der Waals surface area contributed by atoms with Crippen LogP contribution in [0.4, 0.5) is 0 Å². The maximum absolute atomic E-state index is 11.0. The highest BCUT2D eigenvalue weighted by molar-refractivity contribution is 5.96. The van der Waals surface area contributed by atoms with E-state index in [1.807, 2.05) is 42.5 Å². The Morgan fingerprint density at radius 2 is 2.00 bits per heavy atom. The first-order valence-corrected chi connectivity index (χ1v) is 4.01. The van der Waals surface area contributed by atoms with Crippen LogP contribution in [0.5, 0.6) is 0 Å². The second kappa shape index (κ2) is 4.50. The average molecular weight is 160 g/mol. The summed E-state index contributed by atoms with van der Waals surface area (Å²) in [4.78, 5) is 11.0. The topological polar surface area (TPSA) is 17.1 Å². The van der Waals surface area contributed by atoms with Crippen molar-refractivity contribution in [3.8, 4) is 0 Å². The summed E-state index contributed by atoms with van der Waals surface area (Å²) in [7, 11) is 0. The lowest BCUT2D eigenvalue weighted by Crippen LogP contribution is -1.92. The molecular formula is C11H12O. The number of allylic oxidation sites excluding steroid dienone is 8. The number of ketones is 1. The quantitative estimate of drug-likeness (QED) is 0.576. The first kappa shape index (κ1) is 8.72. The van der Waals surface area contributed by atoms with Gasteiger partial charge in [-0.3, -0.25) is 4.79 Å². The number of carbonyl (C=O) groups is 1. The molecule has 0 radical (unpaired) electrons. The lowest BCUT2D eigenvalue weighted by Gasteiger charge is -1.92. The van der Waals surface area contributed by atoms with Gasteiger partial charge in [0.1, 0.15) is 0 Å². The highest BCUT2D eigenvalue weighted by Gasteiger charge is 1.96. The third-order valence-corrected chi connectivity index (χ3v) is 1.63. The molecule has 1 aliphatic rings. The van der Waals surface area contributed by atoms with Crippen LogP contribution in [0.15, 0.2) is 48.1 Å². The van der Waals surface area contributed by atoms with Gasteiger partial charge < -0.3 is 0 Å². The summed E-state index contributed by atoms with van der Waals surface area (Å²) in [6.45, 7) is 1.58.